The standard InChI is InChI=1S/C42H40N3O.C23H30N.Ir/c1-40(2,3)26-14-17-28-29-18-15-27(41(4,5)6)23-35(29)45(34(28)22-26)37-25(24-43)13-16-31-36-32(42(7,8)9)20-19-30(38(36)46-39(31)37)33-12-10-11-21-44-33;1-21(2,3)17-9-11-20(24-15-17)16-8-10-18-19(14-16)23(6,7)13-12-22(18,4)5;/h10-18,20-23H,1-9H3;9-11,14-15H,12-13H2,1-7H3;/q2*-1;. The fourth-order valence-electron chi connectivity index (χ4n) is 10.3. The van der Waals surface area contributed by atoms with E-state index in [1.807, 2.05) is 30.5 Å². The molecule has 5 aromatic carbocycles. The van der Waals surface area contributed by atoms with Gasteiger partial charge in [-0.15, -0.1) is 52.6 Å². The first-order chi connectivity index (χ1) is 32.7. The molecule has 1 aliphatic carbocycles. The maximum Gasteiger partial charge on any atom is 0.146 e. The van der Waals surface area contributed by atoms with Gasteiger partial charge >= 0.3 is 0 Å². The molecule has 9 aromatic rings. The smallest absolute Gasteiger partial charge is 0.146 e. The molecule has 0 atom stereocenters. The van der Waals surface area contributed by atoms with Crippen LogP contribution >= 0.6 is 0 Å². The van der Waals surface area contributed by atoms with Crippen LogP contribution in [-0.2, 0) is 52.6 Å². The number of fused-ring (bicyclic) bond motifs is 7. The van der Waals surface area contributed by atoms with Crippen molar-refractivity contribution in [2.45, 2.75) is 156 Å². The number of hydrogen-bond acceptors (Lipinski definition) is 4. The molecule has 0 fully saturated rings. The molecule has 5 nitrogen and oxygen atoms in total. The molecule has 4 heterocycles. The summed E-state index contributed by atoms with van der Waals surface area (Å²) < 4.78 is 9.30. The molecule has 0 amide bonds. The van der Waals surface area contributed by atoms with Crippen molar-refractivity contribution in [3.8, 4) is 34.3 Å². The van der Waals surface area contributed by atoms with Crippen molar-refractivity contribution in [1.82, 2.24) is 14.5 Å². The van der Waals surface area contributed by atoms with Gasteiger partial charge in [0.25, 0.3) is 0 Å². The molecule has 6 heteroatoms. The van der Waals surface area contributed by atoms with E-state index < -0.39 is 0 Å². The summed E-state index contributed by atoms with van der Waals surface area (Å²) in [7, 11) is 0. The number of benzene rings is 5. The van der Waals surface area contributed by atoms with E-state index in [0.29, 0.717) is 11.1 Å². The third-order valence-electron chi connectivity index (χ3n) is 15.0. The van der Waals surface area contributed by atoms with Gasteiger partial charge < -0.3 is 19.0 Å². The summed E-state index contributed by atoms with van der Waals surface area (Å²) in [4.78, 5) is 9.38. The van der Waals surface area contributed by atoms with E-state index in [9.17, 15) is 5.26 Å². The van der Waals surface area contributed by atoms with Crippen LogP contribution in [0.25, 0.3) is 71.9 Å². The van der Waals surface area contributed by atoms with Crippen LogP contribution in [-0.4, -0.2) is 14.5 Å². The SMILES string of the molecule is CC(C)(C)c1ccc(-c2[c-]cc3c(c2)C(C)(C)CCC3(C)C)nc1.CC(C)(C)c1ccc2c3ccc(C(C)(C)C)cc3n(-c3c(C#N)ccc4c3oc3c(-c5ccccn5)[c-]cc(C(C)(C)C)c34)c2c1.[Ir]. The van der Waals surface area contributed by atoms with E-state index in [1.165, 1.54) is 40.7 Å². The van der Waals surface area contributed by atoms with Gasteiger partial charge in [-0.25, -0.2) is 0 Å². The maximum absolute atomic E-state index is 10.7. The molecule has 0 aliphatic heterocycles. The normalized spacial score (nSPS) is 14.7. The fraction of sp³-hybridized carbons (Fsp3) is 0.369. The minimum absolute atomic E-state index is 0. The van der Waals surface area contributed by atoms with Crippen LogP contribution in [0.1, 0.15) is 163 Å². The van der Waals surface area contributed by atoms with Crippen LogP contribution in [0.4, 0.5) is 0 Å². The van der Waals surface area contributed by atoms with E-state index >= 15 is 0 Å². The second-order valence-corrected chi connectivity index (χ2v) is 25.2. The van der Waals surface area contributed by atoms with Gasteiger partial charge in [-0.05, 0) is 91.3 Å². The first-order valence-corrected chi connectivity index (χ1v) is 25.1. The van der Waals surface area contributed by atoms with Crippen molar-refractivity contribution >= 4 is 43.7 Å². The van der Waals surface area contributed by atoms with E-state index in [1.54, 1.807) is 6.20 Å². The third-order valence-corrected chi connectivity index (χ3v) is 15.0. The Balaban J connectivity index is 0.000000228. The molecule has 1 aliphatic rings. The second-order valence-electron chi connectivity index (χ2n) is 25.2. The van der Waals surface area contributed by atoms with Crippen molar-refractivity contribution in [1.29, 1.82) is 5.26 Å². The van der Waals surface area contributed by atoms with E-state index in [4.69, 9.17) is 9.40 Å². The molecular formula is C65H70IrN4O-2. The molecule has 4 aromatic heterocycles. The predicted molar refractivity (Wildman–Crippen MR) is 293 cm³/mol. The van der Waals surface area contributed by atoms with Crippen molar-refractivity contribution in [2.24, 2.45) is 0 Å². The first kappa shape index (κ1) is 51.5. The van der Waals surface area contributed by atoms with Crippen molar-refractivity contribution in [3.05, 3.63) is 161 Å². The molecule has 0 saturated heterocycles. The Hall–Kier alpha value is -5.86. The minimum atomic E-state index is -0.168. The van der Waals surface area contributed by atoms with Crippen LogP contribution in [0.15, 0.2) is 114 Å². The summed E-state index contributed by atoms with van der Waals surface area (Å²) in [6.07, 6.45) is 6.27. The molecule has 0 spiro atoms. The van der Waals surface area contributed by atoms with E-state index in [2.05, 4.69) is 211 Å². The number of nitrogens with zero attached hydrogens (tertiary/aromatic N) is 4. The quantitative estimate of drug-likeness (QED) is 0.165. The Kier molecular flexibility index (Phi) is 13.1. The molecule has 0 saturated carbocycles. The Morgan fingerprint density at radius 1 is 0.592 bits per heavy atom. The van der Waals surface area contributed by atoms with Crippen LogP contribution in [0.2, 0.25) is 0 Å². The molecule has 71 heavy (non-hydrogen) atoms. The summed E-state index contributed by atoms with van der Waals surface area (Å²) in [5.41, 5.74) is 16.8. The second kappa shape index (κ2) is 18.0. The van der Waals surface area contributed by atoms with Crippen LogP contribution in [0, 0.1) is 23.5 Å². The molecular weight excluding hydrogens is 1040 g/mol. The summed E-state index contributed by atoms with van der Waals surface area (Å²) in [5, 5.41) is 15.0. The number of rotatable bonds is 3. The predicted octanol–water partition coefficient (Wildman–Crippen LogP) is 17.5. The van der Waals surface area contributed by atoms with Crippen molar-refractivity contribution < 1.29 is 24.5 Å². The fourth-order valence-corrected chi connectivity index (χ4v) is 10.3. The third kappa shape index (κ3) is 9.42. The summed E-state index contributed by atoms with van der Waals surface area (Å²) in [6.45, 7) is 36.2. The number of nitriles is 1. The van der Waals surface area contributed by atoms with Gasteiger partial charge in [-0.1, -0.05) is 183 Å². The van der Waals surface area contributed by atoms with Gasteiger partial charge in [0.1, 0.15) is 17.3 Å². The summed E-state index contributed by atoms with van der Waals surface area (Å²) >= 11 is 0. The van der Waals surface area contributed by atoms with Crippen LogP contribution in [0.5, 0.6) is 0 Å². The zero-order valence-corrected chi connectivity index (χ0v) is 47.2. The van der Waals surface area contributed by atoms with Gasteiger partial charge in [-0.3, -0.25) is 0 Å². The molecule has 1 radical (unpaired) electrons. The summed E-state index contributed by atoms with van der Waals surface area (Å²) in [5.74, 6) is 0. The summed E-state index contributed by atoms with van der Waals surface area (Å²) in [6, 6.07) is 44.0. The molecule has 0 bridgehead atoms. The van der Waals surface area contributed by atoms with Gasteiger partial charge in [0.05, 0.1) is 22.2 Å². The number of aromatic nitrogens is 3. The Bertz CT molecular complexity index is 3440. The van der Waals surface area contributed by atoms with E-state index in [0.717, 1.165) is 71.9 Å². The average molecular weight is 1120 g/mol. The number of furan rings is 1. The van der Waals surface area contributed by atoms with Crippen molar-refractivity contribution in [3.63, 3.8) is 0 Å². The monoisotopic (exact) mass is 1120 g/mol. The maximum atomic E-state index is 10.7. The Morgan fingerprint density at radius 3 is 1.69 bits per heavy atom. The Labute approximate surface area is 436 Å². The largest absolute Gasteiger partial charge is 0.498 e. The molecule has 0 N–H and O–H groups in total. The van der Waals surface area contributed by atoms with Gasteiger partial charge in [-0.2, -0.15) is 5.26 Å². The molecule has 0 unspecified atom stereocenters. The first-order valence-electron chi connectivity index (χ1n) is 25.1. The van der Waals surface area contributed by atoms with Gasteiger partial charge in [0, 0.05) is 48.7 Å². The Morgan fingerprint density at radius 2 is 1.17 bits per heavy atom. The van der Waals surface area contributed by atoms with Gasteiger partial charge in [0.2, 0.25) is 0 Å². The van der Waals surface area contributed by atoms with Crippen LogP contribution in [0.3, 0.4) is 0 Å². The zero-order chi connectivity index (χ0) is 50.5. The number of pyridine rings is 2. The molecule has 10 rings (SSSR count). The van der Waals surface area contributed by atoms with Crippen molar-refractivity contribution in [2.75, 3.05) is 0 Å². The van der Waals surface area contributed by atoms with E-state index in [-0.39, 0.29) is 52.6 Å². The average Bonchev–Trinajstić information content (AvgIpc) is 3.85. The topological polar surface area (TPSA) is 67.6 Å². The number of hydrogen-bond donors (Lipinski definition) is 0. The van der Waals surface area contributed by atoms with Gasteiger partial charge in [0.15, 0.2) is 0 Å². The zero-order valence-electron chi connectivity index (χ0n) is 44.8. The minimum Gasteiger partial charge on any atom is -0.498 e. The van der Waals surface area contributed by atoms with Crippen LogP contribution < -0.4 is 0 Å². The molecule has 367 valence electrons.